The molecule has 1 unspecified atom stereocenters. The van der Waals surface area contributed by atoms with E-state index in [-0.39, 0.29) is 5.54 Å². The van der Waals surface area contributed by atoms with Crippen LogP contribution in [0.25, 0.3) is 0 Å². The number of hydrogen-bond acceptors (Lipinski definition) is 3. The van der Waals surface area contributed by atoms with Gasteiger partial charge in [0.05, 0.1) is 11.4 Å². The average molecular weight is 250 g/mol. The Hall–Kier alpha value is -0.870. The summed E-state index contributed by atoms with van der Waals surface area (Å²) in [5.41, 5.74) is 2.62. The van der Waals surface area contributed by atoms with Crippen LogP contribution in [0, 0.1) is 6.92 Å². The topological polar surface area (TPSA) is 33.1 Å². The lowest BCUT2D eigenvalue weighted by Gasteiger charge is -2.44. The van der Waals surface area contributed by atoms with E-state index in [0.717, 1.165) is 25.3 Å². The van der Waals surface area contributed by atoms with Crippen LogP contribution in [0.3, 0.4) is 0 Å². The number of hydrogen-bond donors (Lipinski definition) is 1. The fourth-order valence-corrected chi connectivity index (χ4v) is 2.82. The molecule has 18 heavy (non-hydrogen) atoms. The molecule has 1 aliphatic heterocycles. The largest absolute Gasteiger partial charge is 0.309 e. The Balaban J connectivity index is 2.12. The molecule has 0 saturated carbocycles. The molecule has 2 heterocycles. The summed E-state index contributed by atoms with van der Waals surface area (Å²) in [5, 5.41) is 8.07. The van der Waals surface area contributed by atoms with Crippen LogP contribution in [-0.2, 0) is 13.6 Å². The summed E-state index contributed by atoms with van der Waals surface area (Å²) in [4.78, 5) is 2.59. The maximum absolute atomic E-state index is 4.44. The molecule has 0 aromatic carbocycles. The number of aromatic nitrogens is 2. The molecule has 0 radical (unpaired) electrons. The van der Waals surface area contributed by atoms with Crippen molar-refractivity contribution >= 4 is 0 Å². The van der Waals surface area contributed by atoms with Crippen molar-refractivity contribution < 1.29 is 0 Å². The van der Waals surface area contributed by atoms with Crippen molar-refractivity contribution in [2.75, 3.05) is 13.1 Å². The van der Waals surface area contributed by atoms with E-state index < -0.39 is 0 Å². The van der Waals surface area contributed by atoms with Gasteiger partial charge in [-0.15, -0.1) is 0 Å². The van der Waals surface area contributed by atoms with Crippen molar-refractivity contribution in [3.63, 3.8) is 0 Å². The van der Waals surface area contributed by atoms with Gasteiger partial charge < -0.3 is 5.32 Å². The van der Waals surface area contributed by atoms with Gasteiger partial charge in [-0.05, 0) is 33.3 Å². The summed E-state index contributed by atoms with van der Waals surface area (Å²) >= 11 is 0. The second-order valence-corrected chi connectivity index (χ2v) is 6.13. The van der Waals surface area contributed by atoms with E-state index in [1.54, 1.807) is 0 Å². The summed E-state index contributed by atoms with van der Waals surface area (Å²) in [7, 11) is 2.04. The molecule has 102 valence electrons. The molecule has 1 fully saturated rings. The van der Waals surface area contributed by atoms with E-state index in [0.29, 0.717) is 6.04 Å². The Morgan fingerprint density at radius 1 is 1.50 bits per heavy atom. The van der Waals surface area contributed by atoms with Gasteiger partial charge in [-0.2, -0.15) is 5.10 Å². The summed E-state index contributed by atoms with van der Waals surface area (Å²) in [6, 6.07) is 2.83. The number of piperazine rings is 1. The van der Waals surface area contributed by atoms with Crippen molar-refractivity contribution in [2.45, 2.75) is 52.2 Å². The number of aryl methyl sites for hydroxylation is 2. The first kappa shape index (κ1) is 13.6. The van der Waals surface area contributed by atoms with Gasteiger partial charge in [-0.3, -0.25) is 9.58 Å². The Labute approximate surface area is 110 Å². The lowest BCUT2D eigenvalue weighted by Crippen LogP contribution is -2.61. The Morgan fingerprint density at radius 2 is 2.22 bits per heavy atom. The molecule has 0 amide bonds. The molecule has 1 N–H and O–H groups in total. The molecule has 4 nitrogen and oxygen atoms in total. The lowest BCUT2D eigenvalue weighted by atomic mass is 9.97. The summed E-state index contributed by atoms with van der Waals surface area (Å²) < 4.78 is 2.01. The monoisotopic (exact) mass is 250 g/mol. The Kier molecular flexibility index (Phi) is 3.78. The van der Waals surface area contributed by atoms with E-state index in [1.165, 1.54) is 12.1 Å². The molecule has 1 aromatic rings. The van der Waals surface area contributed by atoms with Gasteiger partial charge in [0.2, 0.25) is 0 Å². The fourth-order valence-electron chi connectivity index (χ4n) is 2.82. The minimum atomic E-state index is 0.208. The quantitative estimate of drug-likeness (QED) is 0.886. The van der Waals surface area contributed by atoms with Crippen molar-refractivity contribution in [1.29, 1.82) is 0 Å². The van der Waals surface area contributed by atoms with Crippen LogP contribution in [0.15, 0.2) is 6.07 Å². The van der Waals surface area contributed by atoms with Crippen LogP contribution in [0.5, 0.6) is 0 Å². The van der Waals surface area contributed by atoms with Crippen LogP contribution < -0.4 is 5.32 Å². The van der Waals surface area contributed by atoms with Gasteiger partial charge in [0.25, 0.3) is 0 Å². The van der Waals surface area contributed by atoms with Crippen molar-refractivity contribution in [1.82, 2.24) is 20.0 Å². The Bertz CT molecular complexity index is 408. The third-order valence-corrected chi connectivity index (χ3v) is 3.87. The average Bonchev–Trinajstić information content (AvgIpc) is 2.57. The molecule has 2 rings (SSSR count). The minimum absolute atomic E-state index is 0.208. The van der Waals surface area contributed by atoms with Crippen LogP contribution in [0.1, 0.15) is 38.6 Å². The molecule has 0 aliphatic carbocycles. The number of rotatable bonds is 3. The second-order valence-electron chi connectivity index (χ2n) is 6.13. The van der Waals surface area contributed by atoms with Gasteiger partial charge in [-0.1, -0.05) is 6.92 Å². The predicted octanol–water partition coefficient (Wildman–Crippen LogP) is 1.69. The van der Waals surface area contributed by atoms with Gasteiger partial charge >= 0.3 is 0 Å². The zero-order valence-electron chi connectivity index (χ0n) is 12.3. The molecule has 1 atom stereocenters. The molecule has 0 bridgehead atoms. The maximum Gasteiger partial charge on any atom is 0.0597 e. The van der Waals surface area contributed by atoms with Crippen molar-refractivity contribution in [3.05, 3.63) is 17.5 Å². The molecule has 0 spiro atoms. The van der Waals surface area contributed by atoms with Gasteiger partial charge in [0, 0.05) is 38.3 Å². The van der Waals surface area contributed by atoms with Crippen LogP contribution in [-0.4, -0.2) is 39.4 Å². The zero-order valence-corrected chi connectivity index (χ0v) is 12.3. The normalized spacial score (nSPS) is 24.4. The van der Waals surface area contributed by atoms with Crippen molar-refractivity contribution in [3.8, 4) is 0 Å². The molecular formula is C14H26N4. The highest BCUT2D eigenvalue weighted by molar-refractivity contribution is 5.09. The van der Waals surface area contributed by atoms with E-state index in [2.05, 4.69) is 49.1 Å². The van der Waals surface area contributed by atoms with Crippen molar-refractivity contribution in [2.24, 2.45) is 7.05 Å². The first-order valence-corrected chi connectivity index (χ1v) is 6.90. The minimum Gasteiger partial charge on any atom is -0.309 e. The maximum atomic E-state index is 4.44. The number of nitrogens with zero attached hydrogens (tertiary/aromatic N) is 3. The first-order valence-electron chi connectivity index (χ1n) is 6.90. The molecule has 1 aliphatic rings. The predicted molar refractivity (Wildman–Crippen MR) is 74.5 cm³/mol. The van der Waals surface area contributed by atoms with Gasteiger partial charge in [-0.25, -0.2) is 0 Å². The molecular weight excluding hydrogens is 224 g/mol. The third kappa shape index (κ3) is 2.93. The standard InChI is InChI=1S/C14H26N4/c1-6-12-8-15-14(3,4)10-18(12)9-13-7-11(2)16-17(13)5/h7,12,15H,6,8-10H2,1-5H3. The first-order chi connectivity index (χ1) is 8.41. The summed E-state index contributed by atoms with van der Waals surface area (Å²) in [5.74, 6) is 0. The molecule has 1 saturated heterocycles. The van der Waals surface area contributed by atoms with E-state index in [4.69, 9.17) is 0 Å². The smallest absolute Gasteiger partial charge is 0.0597 e. The summed E-state index contributed by atoms with van der Waals surface area (Å²) in [6.45, 7) is 12.1. The van der Waals surface area contributed by atoms with Gasteiger partial charge in [0.15, 0.2) is 0 Å². The van der Waals surface area contributed by atoms with E-state index in [9.17, 15) is 0 Å². The second kappa shape index (κ2) is 5.02. The van der Waals surface area contributed by atoms with Gasteiger partial charge in [0.1, 0.15) is 0 Å². The third-order valence-electron chi connectivity index (χ3n) is 3.87. The lowest BCUT2D eigenvalue weighted by molar-refractivity contribution is 0.0835. The van der Waals surface area contributed by atoms with Crippen LogP contribution in [0.2, 0.25) is 0 Å². The Morgan fingerprint density at radius 3 is 2.78 bits per heavy atom. The molecule has 1 aromatic heterocycles. The number of nitrogens with one attached hydrogen (secondary N) is 1. The SMILES string of the molecule is CCC1CNC(C)(C)CN1Cc1cc(C)nn1C. The highest BCUT2D eigenvalue weighted by Crippen LogP contribution is 2.19. The van der Waals surface area contributed by atoms with Crippen LogP contribution in [0.4, 0.5) is 0 Å². The highest BCUT2D eigenvalue weighted by Gasteiger charge is 2.31. The van der Waals surface area contributed by atoms with E-state index in [1.807, 2.05) is 11.7 Å². The zero-order chi connectivity index (χ0) is 13.3. The summed E-state index contributed by atoms with van der Waals surface area (Å²) in [6.07, 6.45) is 1.19. The molecule has 4 heteroatoms. The van der Waals surface area contributed by atoms with E-state index >= 15 is 0 Å². The fraction of sp³-hybridized carbons (Fsp3) is 0.786. The highest BCUT2D eigenvalue weighted by atomic mass is 15.3. The van der Waals surface area contributed by atoms with Crippen LogP contribution >= 0.6 is 0 Å².